The second-order valence-electron chi connectivity index (χ2n) is 4.85. The zero-order valence-electron chi connectivity index (χ0n) is 11.2. The lowest BCUT2D eigenvalue weighted by Crippen LogP contribution is -2.31. The van der Waals surface area contributed by atoms with Gasteiger partial charge < -0.3 is 5.32 Å². The fourth-order valence-corrected chi connectivity index (χ4v) is 3.37. The van der Waals surface area contributed by atoms with E-state index in [1.54, 1.807) is 0 Å². The highest BCUT2D eigenvalue weighted by molar-refractivity contribution is 9.11. The number of thiophene rings is 1. The summed E-state index contributed by atoms with van der Waals surface area (Å²) in [5.74, 6) is 0.248. The number of hydrogen-bond acceptors (Lipinski definition) is 2. The molecule has 2 aromatic rings. The fourth-order valence-electron chi connectivity index (χ4n) is 1.95. The first kappa shape index (κ1) is 15.5. The zero-order chi connectivity index (χ0) is 14.7. The smallest absolute Gasteiger partial charge is 0.261 e. The van der Waals surface area contributed by atoms with Crippen molar-refractivity contribution in [2.75, 3.05) is 0 Å². The zero-order valence-corrected chi connectivity index (χ0v) is 14.3. The molecule has 0 saturated carbocycles. The molecule has 1 amide bonds. The van der Waals surface area contributed by atoms with Crippen LogP contribution in [0.4, 0.5) is 0 Å². The van der Waals surface area contributed by atoms with Crippen molar-refractivity contribution in [3.63, 3.8) is 0 Å². The van der Waals surface area contributed by atoms with Crippen LogP contribution in [-0.2, 0) is 0 Å². The Labute approximate surface area is 136 Å². The van der Waals surface area contributed by atoms with Crippen LogP contribution in [-0.4, -0.2) is 5.91 Å². The molecule has 0 aliphatic carbocycles. The molecular formula is C15H15BrClNOS. The van der Waals surface area contributed by atoms with Gasteiger partial charge >= 0.3 is 0 Å². The fraction of sp³-hybridized carbons (Fsp3) is 0.267. The summed E-state index contributed by atoms with van der Waals surface area (Å²) >= 11 is 10.7. The lowest BCUT2D eigenvalue weighted by molar-refractivity contribution is 0.0930. The number of amides is 1. The molecule has 106 valence electrons. The molecular weight excluding hydrogens is 358 g/mol. The molecule has 1 N–H and O–H groups in total. The number of carbonyl (C=O) groups is 1. The van der Waals surface area contributed by atoms with Gasteiger partial charge in [-0.15, -0.1) is 11.3 Å². The summed E-state index contributed by atoms with van der Waals surface area (Å²) in [5.41, 5.74) is 1.06. The van der Waals surface area contributed by atoms with Crippen LogP contribution in [0.1, 0.15) is 35.1 Å². The Morgan fingerprint density at radius 2 is 1.85 bits per heavy atom. The van der Waals surface area contributed by atoms with Gasteiger partial charge in [0.05, 0.1) is 14.7 Å². The molecule has 0 aliphatic heterocycles. The number of rotatable bonds is 4. The number of benzene rings is 1. The van der Waals surface area contributed by atoms with E-state index < -0.39 is 0 Å². The minimum absolute atomic E-state index is 0.0272. The third-order valence-electron chi connectivity index (χ3n) is 2.98. The minimum atomic E-state index is -0.0469. The molecule has 5 heteroatoms. The van der Waals surface area contributed by atoms with Crippen molar-refractivity contribution < 1.29 is 4.79 Å². The Hall–Kier alpha value is -0.840. The Morgan fingerprint density at radius 3 is 2.35 bits per heavy atom. The first-order chi connectivity index (χ1) is 9.47. The average Bonchev–Trinajstić information content (AvgIpc) is 2.83. The van der Waals surface area contributed by atoms with E-state index in [-0.39, 0.29) is 11.9 Å². The Balaban J connectivity index is 2.17. The van der Waals surface area contributed by atoms with E-state index >= 15 is 0 Å². The first-order valence-corrected chi connectivity index (χ1v) is 8.28. The molecule has 0 spiro atoms. The second kappa shape index (κ2) is 6.74. The highest BCUT2D eigenvalue weighted by Crippen LogP contribution is 2.26. The number of halogens is 2. The van der Waals surface area contributed by atoms with Crippen molar-refractivity contribution in [2.45, 2.75) is 19.9 Å². The SMILES string of the molecule is CC(C)C(NC(=O)c1ccc(Br)s1)c1ccc(Cl)cc1. The summed E-state index contributed by atoms with van der Waals surface area (Å²) in [6.45, 7) is 4.17. The van der Waals surface area contributed by atoms with Gasteiger partial charge in [0.25, 0.3) is 5.91 Å². The van der Waals surface area contributed by atoms with Crippen LogP contribution < -0.4 is 5.32 Å². The molecule has 1 aromatic heterocycles. The maximum atomic E-state index is 12.3. The van der Waals surface area contributed by atoms with E-state index in [0.717, 1.165) is 9.35 Å². The van der Waals surface area contributed by atoms with Crippen molar-refractivity contribution in [1.29, 1.82) is 0 Å². The molecule has 2 nitrogen and oxygen atoms in total. The molecule has 1 aromatic carbocycles. The van der Waals surface area contributed by atoms with E-state index in [2.05, 4.69) is 35.1 Å². The van der Waals surface area contributed by atoms with Crippen molar-refractivity contribution in [3.05, 3.63) is 55.6 Å². The molecule has 1 heterocycles. The molecule has 2 rings (SSSR count). The van der Waals surface area contributed by atoms with Gasteiger partial charge in [0, 0.05) is 5.02 Å². The predicted molar refractivity (Wildman–Crippen MR) is 88.5 cm³/mol. The van der Waals surface area contributed by atoms with Crippen LogP contribution >= 0.6 is 38.9 Å². The van der Waals surface area contributed by atoms with Crippen molar-refractivity contribution in [2.24, 2.45) is 5.92 Å². The third kappa shape index (κ3) is 3.84. The van der Waals surface area contributed by atoms with Crippen LogP contribution in [0, 0.1) is 5.92 Å². The molecule has 0 saturated heterocycles. The maximum Gasteiger partial charge on any atom is 0.261 e. The molecule has 1 atom stereocenters. The summed E-state index contributed by atoms with van der Waals surface area (Å²) in [6, 6.07) is 11.3. The highest BCUT2D eigenvalue weighted by Gasteiger charge is 2.19. The van der Waals surface area contributed by atoms with E-state index in [1.165, 1.54) is 11.3 Å². The molecule has 0 radical (unpaired) electrons. The van der Waals surface area contributed by atoms with Gasteiger partial charge in [0.1, 0.15) is 0 Å². The molecule has 0 bridgehead atoms. The quantitative estimate of drug-likeness (QED) is 0.776. The highest BCUT2D eigenvalue weighted by atomic mass is 79.9. The largest absolute Gasteiger partial charge is 0.344 e. The lowest BCUT2D eigenvalue weighted by atomic mass is 9.96. The summed E-state index contributed by atoms with van der Waals surface area (Å²) < 4.78 is 0.954. The van der Waals surface area contributed by atoms with Crippen LogP contribution in [0.5, 0.6) is 0 Å². The van der Waals surface area contributed by atoms with Gasteiger partial charge in [0.2, 0.25) is 0 Å². The predicted octanol–water partition coefficient (Wildman–Crippen LogP) is 5.29. The van der Waals surface area contributed by atoms with E-state index in [1.807, 2.05) is 36.4 Å². The monoisotopic (exact) mass is 371 g/mol. The minimum Gasteiger partial charge on any atom is -0.344 e. The second-order valence-corrected chi connectivity index (χ2v) is 7.75. The third-order valence-corrected chi connectivity index (χ3v) is 4.85. The lowest BCUT2D eigenvalue weighted by Gasteiger charge is -2.22. The normalized spacial score (nSPS) is 12.4. The van der Waals surface area contributed by atoms with Crippen molar-refractivity contribution in [1.82, 2.24) is 5.32 Å². The van der Waals surface area contributed by atoms with Crippen molar-refractivity contribution >= 4 is 44.8 Å². The number of carbonyl (C=O) groups excluding carboxylic acids is 1. The first-order valence-electron chi connectivity index (χ1n) is 6.29. The van der Waals surface area contributed by atoms with E-state index in [9.17, 15) is 4.79 Å². The average molecular weight is 373 g/mol. The molecule has 20 heavy (non-hydrogen) atoms. The summed E-state index contributed by atoms with van der Waals surface area (Å²) in [5, 5.41) is 3.79. The standard InChI is InChI=1S/C15H15BrClNOS/c1-9(2)14(10-3-5-11(17)6-4-10)18-15(19)12-7-8-13(16)20-12/h3-9,14H,1-2H3,(H,18,19). The molecule has 0 aliphatic rings. The summed E-state index contributed by atoms with van der Waals surface area (Å²) in [4.78, 5) is 13.0. The van der Waals surface area contributed by atoms with Gasteiger partial charge in [-0.25, -0.2) is 0 Å². The summed E-state index contributed by atoms with van der Waals surface area (Å²) in [7, 11) is 0. The molecule has 0 fully saturated rings. The number of nitrogens with one attached hydrogen (secondary N) is 1. The summed E-state index contributed by atoms with van der Waals surface area (Å²) in [6.07, 6.45) is 0. The van der Waals surface area contributed by atoms with Crippen LogP contribution in [0.3, 0.4) is 0 Å². The Bertz CT molecular complexity index is 594. The van der Waals surface area contributed by atoms with Crippen LogP contribution in [0.15, 0.2) is 40.2 Å². The Morgan fingerprint density at radius 1 is 1.20 bits per heavy atom. The van der Waals surface area contributed by atoms with E-state index in [4.69, 9.17) is 11.6 Å². The maximum absolute atomic E-state index is 12.3. The van der Waals surface area contributed by atoms with Gasteiger partial charge in [-0.3, -0.25) is 4.79 Å². The van der Waals surface area contributed by atoms with Crippen LogP contribution in [0.25, 0.3) is 0 Å². The van der Waals surface area contributed by atoms with Gasteiger partial charge in [0.15, 0.2) is 0 Å². The van der Waals surface area contributed by atoms with E-state index in [0.29, 0.717) is 15.8 Å². The van der Waals surface area contributed by atoms with Gasteiger partial charge in [-0.2, -0.15) is 0 Å². The van der Waals surface area contributed by atoms with Gasteiger partial charge in [-0.05, 0) is 51.7 Å². The Kier molecular flexibility index (Phi) is 5.24. The topological polar surface area (TPSA) is 29.1 Å². The van der Waals surface area contributed by atoms with Crippen molar-refractivity contribution in [3.8, 4) is 0 Å². The van der Waals surface area contributed by atoms with Gasteiger partial charge in [-0.1, -0.05) is 37.6 Å². The van der Waals surface area contributed by atoms with Crippen LogP contribution in [0.2, 0.25) is 5.02 Å². The number of hydrogen-bond donors (Lipinski definition) is 1. The molecule has 1 unspecified atom stereocenters.